The fraction of sp³-hybridized carbons (Fsp3) is 0.625. The van der Waals surface area contributed by atoms with E-state index in [1.807, 2.05) is 0 Å². The topological polar surface area (TPSA) is 84.1 Å². The number of rotatable bonds is 4. The van der Waals surface area contributed by atoms with Gasteiger partial charge in [-0.05, 0) is 12.8 Å². The molecule has 7 heteroatoms. The molecule has 0 saturated carbocycles. The Balaban J connectivity index is 1.94. The zero-order valence-corrected chi connectivity index (χ0v) is 8.96. The van der Waals surface area contributed by atoms with Crippen LogP contribution in [0.2, 0.25) is 0 Å². The van der Waals surface area contributed by atoms with E-state index in [-0.39, 0.29) is 11.9 Å². The van der Waals surface area contributed by atoms with Crippen LogP contribution < -0.4 is 4.72 Å². The highest BCUT2D eigenvalue weighted by atomic mass is 32.2. The van der Waals surface area contributed by atoms with Crippen molar-refractivity contribution in [1.29, 1.82) is 0 Å². The molecule has 1 atom stereocenters. The second-order valence-electron chi connectivity index (χ2n) is 3.51. The van der Waals surface area contributed by atoms with E-state index >= 15 is 0 Å². The second-order valence-corrected chi connectivity index (χ2v) is 5.27. The molecular formula is C8H13N3O3S. The minimum absolute atomic E-state index is 0.0121. The molecule has 0 spiro atoms. The van der Waals surface area contributed by atoms with E-state index in [0.29, 0.717) is 12.3 Å². The Hall–Kier alpha value is -1.08. The molecule has 0 radical (unpaired) electrons. The molecule has 2 heterocycles. The Bertz CT molecular complexity index is 395. The number of aromatic nitrogens is 2. The standard InChI is InChI=1S/C8H13N3O3S/c12-15(13,6-8-2-1-3-14-8)11-7-4-9-10-5-7/h4-5,8,11H,1-3,6H2,(H,9,10). The molecule has 1 aromatic rings. The highest BCUT2D eigenvalue weighted by molar-refractivity contribution is 7.92. The molecule has 0 aliphatic carbocycles. The number of hydrogen-bond donors (Lipinski definition) is 2. The van der Waals surface area contributed by atoms with Crippen LogP contribution in [0, 0.1) is 0 Å². The molecule has 0 aromatic carbocycles. The van der Waals surface area contributed by atoms with Gasteiger partial charge in [-0.1, -0.05) is 0 Å². The molecule has 1 unspecified atom stereocenters. The number of aromatic amines is 1. The van der Waals surface area contributed by atoms with E-state index in [4.69, 9.17) is 4.74 Å². The molecule has 1 saturated heterocycles. The van der Waals surface area contributed by atoms with Crippen molar-refractivity contribution in [3.63, 3.8) is 0 Å². The first-order valence-corrected chi connectivity index (χ1v) is 6.42. The van der Waals surface area contributed by atoms with Gasteiger partial charge < -0.3 is 4.74 Å². The first kappa shape index (κ1) is 10.4. The molecule has 15 heavy (non-hydrogen) atoms. The van der Waals surface area contributed by atoms with Crippen molar-refractivity contribution >= 4 is 15.7 Å². The third-order valence-corrected chi connectivity index (χ3v) is 3.56. The van der Waals surface area contributed by atoms with Crippen molar-refractivity contribution in [2.45, 2.75) is 18.9 Å². The Morgan fingerprint density at radius 2 is 2.53 bits per heavy atom. The molecule has 2 N–H and O–H groups in total. The van der Waals surface area contributed by atoms with Crippen molar-refractivity contribution < 1.29 is 13.2 Å². The van der Waals surface area contributed by atoms with Gasteiger partial charge in [0.15, 0.2) is 0 Å². The highest BCUT2D eigenvalue weighted by Gasteiger charge is 2.23. The summed E-state index contributed by atoms with van der Waals surface area (Å²) >= 11 is 0. The van der Waals surface area contributed by atoms with Crippen molar-refractivity contribution in [3.05, 3.63) is 12.4 Å². The van der Waals surface area contributed by atoms with Gasteiger partial charge in [0.25, 0.3) is 0 Å². The number of nitrogens with zero attached hydrogens (tertiary/aromatic N) is 1. The summed E-state index contributed by atoms with van der Waals surface area (Å²) in [5, 5.41) is 6.19. The zero-order valence-electron chi connectivity index (χ0n) is 8.14. The molecule has 84 valence electrons. The van der Waals surface area contributed by atoms with Gasteiger partial charge >= 0.3 is 0 Å². The number of hydrogen-bond acceptors (Lipinski definition) is 4. The molecule has 1 aromatic heterocycles. The summed E-state index contributed by atoms with van der Waals surface area (Å²) in [4.78, 5) is 0. The van der Waals surface area contributed by atoms with Gasteiger partial charge in [0.2, 0.25) is 10.0 Å². The van der Waals surface area contributed by atoms with Crippen LogP contribution in [0.4, 0.5) is 5.69 Å². The van der Waals surface area contributed by atoms with Gasteiger partial charge in [0.05, 0.1) is 23.7 Å². The molecule has 1 aliphatic heterocycles. The molecule has 1 fully saturated rings. The van der Waals surface area contributed by atoms with Crippen molar-refractivity contribution in [1.82, 2.24) is 10.2 Å². The van der Waals surface area contributed by atoms with Gasteiger partial charge in [-0.3, -0.25) is 9.82 Å². The maximum Gasteiger partial charge on any atom is 0.235 e. The summed E-state index contributed by atoms with van der Waals surface area (Å²) in [5.74, 6) is 0.0121. The van der Waals surface area contributed by atoms with Crippen LogP contribution in [0.1, 0.15) is 12.8 Å². The fourth-order valence-corrected chi connectivity index (χ4v) is 2.85. The number of anilines is 1. The monoisotopic (exact) mass is 231 g/mol. The summed E-state index contributed by atoms with van der Waals surface area (Å²) in [6.07, 6.45) is 4.49. The van der Waals surface area contributed by atoms with Crippen LogP contribution in [0.25, 0.3) is 0 Å². The molecule has 2 rings (SSSR count). The SMILES string of the molecule is O=S(=O)(CC1CCCO1)Nc1cn[nH]c1. The lowest BCUT2D eigenvalue weighted by molar-refractivity contribution is 0.127. The van der Waals surface area contributed by atoms with Gasteiger partial charge in [-0.2, -0.15) is 5.10 Å². The Labute approximate surface area is 88.1 Å². The third kappa shape index (κ3) is 2.93. The summed E-state index contributed by atoms with van der Waals surface area (Å²) in [6, 6.07) is 0. The van der Waals surface area contributed by atoms with Crippen LogP contribution in [0.5, 0.6) is 0 Å². The molecule has 0 amide bonds. The summed E-state index contributed by atoms with van der Waals surface area (Å²) in [6.45, 7) is 0.659. The number of nitrogens with one attached hydrogen (secondary N) is 2. The smallest absolute Gasteiger partial charge is 0.235 e. The van der Waals surface area contributed by atoms with E-state index in [0.717, 1.165) is 12.8 Å². The molecular weight excluding hydrogens is 218 g/mol. The summed E-state index contributed by atoms with van der Waals surface area (Å²) < 4.78 is 30.9. The minimum atomic E-state index is -3.32. The lowest BCUT2D eigenvalue weighted by atomic mass is 10.3. The Morgan fingerprint density at radius 1 is 1.67 bits per heavy atom. The number of sulfonamides is 1. The van der Waals surface area contributed by atoms with Crippen LogP contribution >= 0.6 is 0 Å². The van der Waals surface area contributed by atoms with Crippen molar-refractivity contribution in [3.8, 4) is 0 Å². The van der Waals surface area contributed by atoms with Gasteiger partial charge in [-0.25, -0.2) is 8.42 Å². The minimum Gasteiger partial charge on any atom is -0.377 e. The van der Waals surface area contributed by atoms with E-state index < -0.39 is 10.0 Å². The van der Waals surface area contributed by atoms with Crippen molar-refractivity contribution in [2.75, 3.05) is 17.1 Å². The van der Waals surface area contributed by atoms with Crippen LogP contribution in [-0.2, 0) is 14.8 Å². The molecule has 1 aliphatic rings. The molecule has 0 bridgehead atoms. The fourth-order valence-electron chi connectivity index (χ4n) is 1.55. The average molecular weight is 231 g/mol. The van der Waals surface area contributed by atoms with Crippen LogP contribution in [0.3, 0.4) is 0 Å². The third-order valence-electron chi connectivity index (χ3n) is 2.20. The summed E-state index contributed by atoms with van der Waals surface area (Å²) in [7, 11) is -3.32. The first-order valence-electron chi connectivity index (χ1n) is 4.76. The largest absolute Gasteiger partial charge is 0.377 e. The quantitative estimate of drug-likeness (QED) is 0.782. The van der Waals surface area contributed by atoms with E-state index in [2.05, 4.69) is 14.9 Å². The average Bonchev–Trinajstić information content (AvgIpc) is 2.75. The van der Waals surface area contributed by atoms with Gasteiger partial charge in [-0.15, -0.1) is 0 Å². The predicted octanol–water partition coefficient (Wildman–Crippen LogP) is 0.330. The predicted molar refractivity (Wildman–Crippen MR) is 55.0 cm³/mol. The van der Waals surface area contributed by atoms with E-state index in [9.17, 15) is 8.42 Å². The maximum absolute atomic E-state index is 11.6. The van der Waals surface area contributed by atoms with Crippen LogP contribution in [0.15, 0.2) is 12.4 Å². The second kappa shape index (κ2) is 4.19. The Kier molecular flexibility index (Phi) is 2.92. The van der Waals surface area contributed by atoms with E-state index in [1.54, 1.807) is 0 Å². The lowest BCUT2D eigenvalue weighted by Crippen LogP contribution is -2.25. The van der Waals surface area contributed by atoms with E-state index in [1.165, 1.54) is 12.4 Å². The first-order chi connectivity index (χ1) is 7.16. The maximum atomic E-state index is 11.6. The van der Waals surface area contributed by atoms with Crippen LogP contribution in [-0.4, -0.2) is 37.1 Å². The zero-order chi connectivity index (χ0) is 10.7. The van der Waals surface area contributed by atoms with Gasteiger partial charge in [0, 0.05) is 12.8 Å². The van der Waals surface area contributed by atoms with Crippen molar-refractivity contribution in [2.24, 2.45) is 0 Å². The summed E-state index contributed by atoms with van der Waals surface area (Å²) in [5.41, 5.74) is 0.452. The normalized spacial score (nSPS) is 21.7. The lowest BCUT2D eigenvalue weighted by Gasteiger charge is -2.10. The number of ether oxygens (including phenoxy) is 1. The molecule has 6 nitrogen and oxygen atoms in total. The van der Waals surface area contributed by atoms with Gasteiger partial charge in [0.1, 0.15) is 0 Å². The highest BCUT2D eigenvalue weighted by Crippen LogP contribution is 2.15. The number of H-pyrrole nitrogens is 1. The Morgan fingerprint density at radius 3 is 3.13 bits per heavy atom.